The Labute approximate surface area is 245 Å². The Balaban J connectivity index is 0.00000289. The summed E-state index contributed by atoms with van der Waals surface area (Å²) in [6.45, 7) is 0. The maximum atomic E-state index is 6.47. The summed E-state index contributed by atoms with van der Waals surface area (Å²) >= 11 is 0. The molecule has 6 nitrogen and oxygen atoms in total. The quantitative estimate of drug-likeness (QED) is 0.164. The summed E-state index contributed by atoms with van der Waals surface area (Å²) in [5.74, 6) is 1.77. The molecule has 3 aromatic heterocycles. The molecule has 196 valence electrons. The third-order valence-corrected chi connectivity index (χ3v) is 6.47. The average Bonchev–Trinajstić information content (AvgIpc) is 3.59. The van der Waals surface area contributed by atoms with Gasteiger partial charge in [-0.05, 0) is 30.3 Å². The van der Waals surface area contributed by atoms with Gasteiger partial charge in [-0.3, -0.25) is 4.68 Å². The van der Waals surface area contributed by atoms with Gasteiger partial charge in [0, 0.05) is 42.0 Å². The van der Waals surface area contributed by atoms with Gasteiger partial charge in [0.15, 0.2) is 0 Å². The third kappa shape index (κ3) is 4.78. The summed E-state index contributed by atoms with van der Waals surface area (Å²) in [4.78, 5) is 6.71. The van der Waals surface area contributed by atoms with Crippen molar-refractivity contribution in [1.29, 1.82) is 0 Å². The molecule has 0 aliphatic heterocycles. The molecular formula is C33H22N4O2Pt. The minimum Gasteiger partial charge on any atom is -0.512 e. The first-order valence-corrected chi connectivity index (χ1v) is 12.6. The second-order valence-corrected chi connectivity index (χ2v) is 9.09. The zero-order valence-corrected chi connectivity index (χ0v) is 23.7. The van der Waals surface area contributed by atoms with E-state index in [2.05, 4.69) is 39.2 Å². The van der Waals surface area contributed by atoms with E-state index in [0.29, 0.717) is 17.1 Å². The first-order valence-electron chi connectivity index (χ1n) is 12.6. The number of para-hydroxylation sites is 2. The molecule has 0 atom stereocenters. The van der Waals surface area contributed by atoms with Gasteiger partial charge in [0.25, 0.3) is 0 Å². The molecule has 0 N–H and O–H groups in total. The Morgan fingerprint density at radius 1 is 0.825 bits per heavy atom. The largest absolute Gasteiger partial charge is 2.00 e. The number of pyridine rings is 1. The Kier molecular flexibility index (Phi) is 6.93. The van der Waals surface area contributed by atoms with Crippen LogP contribution in [0.4, 0.5) is 17.2 Å². The standard InChI is InChI=1S/C33H22N4O2.Pt/c1-36-19-17-29(35-36)23-10-9-13-26(20-23)38-31-22-25(21-28-27-14-5-6-15-30(27)39-33(28)31)37(24-11-3-2-4-12-24)32-16-7-8-18-34-32;/h2-19,21H,1H3;/q-2;+2. The van der Waals surface area contributed by atoms with Crippen LogP contribution in [0.5, 0.6) is 11.5 Å². The molecule has 0 saturated carbocycles. The van der Waals surface area contributed by atoms with E-state index in [4.69, 9.17) is 9.15 Å². The number of fused-ring (bicyclic) bond motifs is 3. The zero-order valence-electron chi connectivity index (χ0n) is 21.4. The van der Waals surface area contributed by atoms with Crippen molar-refractivity contribution in [3.05, 3.63) is 128 Å². The maximum Gasteiger partial charge on any atom is 2.00 e. The molecule has 0 aliphatic carbocycles. The number of aryl methyl sites for hydroxylation is 1. The number of nitrogens with zero attached hydrogens (tertiary/aromatic N) is 4. The summed E-state index contributed by atoms with van der Waals surface area (Å²) in [5.41, 5.74) is 4.78. The van der Waals surface area contributed by atoms with Crippen LogP contribution in [0.3, 0.4) is 0 Å². The summed E-state index contributed by atoms with van der Waals surface area (Å²) in [7, 11) is 1.89. The fourth-order valence-electron chi connectivity index (χ4n) is 4.70. The van der Waals surface area contributed by atoms with Crippen molar-refractivity contribution >= 4 is 39.1 Å². The maximum absolute atomic E-state index is 6.47. The summed E-state index contributed by atoms with van der Waals surface area (Å²) in [6, 6.07) is 40.6. The second-order valence-electron chi connectivity index (χ2n) is 9.09. The fourth-order valence-corrected chi connectivity index (χ4v) is 4.70. The fraction of sp³-hybridized carbons (Fsp3) is 0.0303. The minimum absolute atomic E-state index is 0. The van der Waals surface area contributed by atoms with E-state index in [-0.39, 0.29) is 21.1 Å². The molecule has 7 aromatic rings. The van der Waals surface area contributed by atoms with Crippen LogP contribution in [0.1, 0.15) is 0 Å². The number of aromatic nitrogens is 3. The monoisotopic (exact) mass is 701 g/mol. The molecule has 0 amide bonds. The molecular weight excluding hydrogens is 679 g/mol. The third-order valence-electron chi connectivity index (χ3n) is 6.47. The number of hydrogen-bond donors (Lipinski definition) is 0. The van der Waals surface area contributed by atoms with Gasteiger partial charge in [0.2, 0.25) is 0 Å². The van der Waals surface area contributed by atoms with E-state index >= 15 is 0 Å². The molecule has 0 saturated heterocycles. The first kappa shape index (κ1) is 25.6. The summed E-state index contributed by atoms with van der Waals surface area (Å²) in [6.07, 6.45) is 3.69. The number of anilines is 3. The smallest absolute Gasteiger partial charge is 0.512 e. The minimum atomic E-state index is 0. The Morgan fingerprint density at radius 3 is 2.45 bits per heavy atom. The van der Waals surface area contributed by atoms with Gasteiger partial charge in [-0.15, -0.1) is 35.9 Å². The molecule has 0 bridgehead atoms. The predicted molar refractivity (Wildman–Crippen MR) is 153 cm³/mol. The Hall–Kier alpha value is -4.67. The van der Waals surface area contributed by atoms with Gasteiger partial charge in [-0.2, -0.15) is 0 Å². The van der Waals surface area contributed by atoms with Crippen LogP contribution < -0.4 is 9.64 Å². The molecule has 7 heteroatoms. The van der Waals surface area contributed by atoms with Crippen LogP contribution in [0, 0.1) is 12.1 Å². The Bertz CT molecular complexity index is 1880. The van der Waals surface area contributed by atoms with Crippen molar-refractivity contribution in [2.24, 2.45) is 7.05 Å². The van der Waals surface area contributed by atoms with Crippen molar-refractivity contribution in [1.82, 2.24) is 14.8 Å². The second kappa shape index (κ2) is 10.8. The van der Waals surface area contributed by atoms with Crippen LogP contribution in [0.15, 0.2) is 120 Å². The van der Waals surface area contributed by atoms with E-state index < -0.39 is 0 Å². The Morgan fingerprint density at radius 2 is 1.65 bits per heavy atom. The molecule has 0 fully saturated rings. The van der Waals surface area contributed by atoms with Crippen LogP contribution in [0.25, 0.3) is 33.2 Å². The van der Waals surface area contributed by atoms with Crippen molar-refractivity contribution in [2.45, 2.75) is 0 Å². The van der Waals surface area contributed by atoms with Crippen molar-refractivity contribution in [3.8, 4) is 22.8 Å². The van der Waals surface area contributed by atoms with Gasteiger partial charge < -0.3 is 14.1 Å². The topological polar surface area (TPSA) is 56.3 Å². The molecule has 3 heterocycles. The number of furan rings is 1. The molecule has 40 heavy (non-hydrogen) atoms. The van der Waals surface area contributed by atoms with Gasteiger partial charge in [-0.1, -0.05) is 65.7 Å². The zero-order chi connectivity index (χ0) is 26.2. The van der Waals surface area contributed by atoms with E-state index in [1.165, 1.54) is 0 Å². The van der Waals surface area contributed by atoms with Crippen LogP contribution in [-0.2, 0) is 28.1 Å². The van der Waals surface area contributed by atoms with Gasteiger partial charge in [0.1, 0.15) is 11.4 Å². The number of ether oxygens (including phenoxy) is 1. The van der Waals surface area contributed by atoms with E-state index in [1.54, 1.807) is 10.9 Å². The van der Waals surface area contributed by atoms with Crippen LogP contribution in [0.2, 0.25) is 0 Å². The predicted octanol–water partition coefficient (Wildman–Crippen LogP) is 8.24. The number of rotatable bonds is 6. The summed E-state index contributed by atoms with van der Waals surface area (Å²) < 4.78 is 14.5. The van der Waals surface area contributed by atoms with Crippen LogP contribution >= 0.6 is 0 Å². The van der Waals surface area contributed by atoms with Crippen molar-refractivity contribution in [2.75, 3.05) is 4.90 Å². The molecule has 7 rings (SSSR count). The van der Waals surface area contributed by atoms with E-state index in [0.717, 1.165) is 44.8 Å². The van der Waals surface area contributed by atoms with Gasteiger partial charge >= 0.3 is 21.1 Å². The van der Waals surface area contributed by atoms with E-state index in [9.17, 15) is 0 Å². The molecule has 0 radical (unpaired) electrons. The molecule has 0 unspecified atom stereocenters. The molecule has 0 spiro atoms. The summed E-state index contributed by atoms with van der Waals surface area (Å²) in [5, 5.41) is 6.42. The first-order chi connectivity index (χ1) is 19.2. The van der Waals surface area contributed by atoms with Crippen molar-refractivity contribution in [3.63, 3.8) is 0 Å². The van der Waals surface area contributed by atoms with Gasteiger partial charge in [-0.25, -0.2) is 10.1 Å². The SMILES string of the molecule is Cn1ccc(-c2[c-]c(Oc3[c-]c(N(c4ccccc4)c4ccccn4)cc4c3oc3ccccc34)ccc2)n1.[Pt+2]. The average molecular weight is 702 g/mol. The normalized spacial score (nSPS) is 10.9. The van der Waals surface area contributed by atoms with Gasteiger partial charge in [0.05, 0.1) is 11.3 Å². The molecule has 0 aliphatic rings. The van der Waals surface area contributed by atoms with Crippen molar-refractivity contribution < 1.29 is 30.2 Å². The van der Waals surface area contributed by atoms with E-state index in [1.807, 2.05) is 104 Å². The molecule has 4 aromatic carbocycles. The number of benzene rings is 4. The van der Waals surface area contributed by atoms with Crippen LogP contribution in [-0.4, -0.2) is 14.8 Å². The number of hydrogen-bond acceptors (Lipinski definition) is 5.